The van der Waals surface area contributed by atoms with E-state index in [1.54, 1.807) is 0 Å². The molecule has 0 aromatic heterocycles. The highest BCUT2D eigenvalue weighted by Gasteiger charge is 2.51. The molecular weight excluding hydrogens is 236 g/mol. The number of imide groups is 1. The molecule has 1 aliphatic carbocycles. The molecule has 1 saturated heterocycles. The summed E-state index contributed by atoms with van der Waals surface area (Å²) in [5, 5.41) is 0. The largest absolute Gasteiger partial charge is 0.393 e. The van der Waals surface area contributed by atoms with Gasteiger partial charge in [0.05, 0.1) is 10.4 Å². The molecule has 0 atom stereocenters. The van der Waals surface area contributed by atoms with Crippen molar-refractivity contribution in [3.8, 4) is 0 Å². The Morgan fingerprint density at radius 1 is 1.41 bits per heavy atom. The van der Waals surface area contributed by atoms with Crippen molar-refractivity contribution in [2.24, 2.45) is 16.6 Å². The van der Waals surface area contributed by atoms with E-state index in [1.165, 1.54) is 4.90 Å². The van der Waals surface area contributed by atoms with E-state index < -0.39 is 5.41 Å². The molecule has 0 unspecified atom stereocenters. The van der Waals surface area contributed by atoms with Crippen molar-refractivity contribution in [2.75, 3.05) is 6.54 Å². The number of nitrogens with zero attached hydrogens (tertiary/aromatic N) is 1. The molecule has 1 aliphatic heterocycles. The second kappa shape index (κ2) is 3.77. The van der Waals surface area contributed by atoms with Crippen molar-refractivity contribution in [2.45, 2.75) is 39.5 Å². The number of amides is 2. The highest BCUT2D eigenvalue weighted by atomic mass is 32.1. The maximum absolute atomic E-state index is 12.1. The van der Waals surface area contributed by atoms with Crippen LogP contribution < -0.4 is 5.73 Å². The molecule has 17 heavy (non-hydrogen) atoms. The van der Waals surface area contributed by atoms with E-state index >= 15 is 0 Å². The van der Waals surface area contributed by atoms with E-state index in [4.69, 9.17) is 18.0 Å². The Morgan fingerprint density at radius 3 is 2.35 bits per heavy atom. The third kappa shape index (κ3) is 2.34. The van der Waals surface area contributed by atoms with Gasteiger partial charge in [0.25, 0.3) is 0 Å². The fourth-order valence-corrected chi connectivity index (χ4v) is 2.77. The normalized spacial score (nSPS) is 25.2. The Kier molecular flexibility index (Phi) is 2.77. The van der Waals surface area contributed by atoms with Crippen LogP contribution in [0.15, 0.2) is 0 Å². The molecule has 2 fully saturated rings. The zero-order valence-corrected chi connectivity index (χ0v) is 11.1. The minimum atomic E-state index is -0.545. The van der Waals surface area contributed by atoms with Gasteiger partial charge in [0.1, 0.15) is 0 Å². The minimum absolute atomic E-state index is 0.0163. The summed E-state index contributed by atoms with van der Waals surface area (Å²) in [6, 6.07) is 0. The van der Waals surface area contributed by atoms with E-state index in [0.717, 1.165) is 12.8 Å². The average Bonchev–Trinajstić information content (AvgIpc) is 2.87. The van der Waals surface area contributed by atoms with E-state index in [9.17, 15) is 9.59 Å². The smallest absolute Gasteiger partial charge is 0.235 e. The summed E-state index contributed by atoms with van der Waals surface area (Å²) < 4.78 is 0. The fourth-order valence-electron chi connectivity index (χ4n) is 2.46. The molecule has 2 amide bonds. The highest BCUT2D eigenvalue weighted by Crippen LogP contribution is 2.50. The lowest BCUT2D eigenvalue weighted by Crippen LogP contribution is -2.38. The molecule has 2 aliphatic rings. The van der Waals surface area contributed by atoms with Crippen LogP contribution in [-0.2, 0) is 9.59 Å². The van der Waals surface area contributed by atoms with Gasteiger partial charge in [-0.2, -0.15) is 0 Å². The second-order valence-electron chi connectivity index (χ2n) is 5.99. The number of likely N-dealkylation sites (tertiary alicyclic amines) is 1. The summed E-state index contributed by atoms with van der Waals surface area (Å²) >= 11 is 4.92. The van der Waals surface area contributed by atoms with Gasteiger partial charge in [0.15, 0.2) is 0 Å². The van der Waals surface area contributed by atoms with Crippen LogP contribution in [0.2, 0.25) is 0 Å². The summed E-state index contributed by atoms with van der Waals surface area (Å²) in [5.41, 5.74) is 5.00. The number of rotatable bonds is 4. The Hall–Kier alpha value is -0.970. The predicted octanol–water partition coefficient (Wildman–Crippen LogP) is 1.23. The summed E-state index contributed by atoms with van der Waals surface area (Å²) in [5.74, 6) is -0.120. The van der Waals surface area contributed by atoms with Gasteiger partial charge >= 0.3 is 0 Å². The molecule has 2 N–H and O–H groups in total. The maximum atomic E-state index is 12.1. The van der Waals surface area contributed by atoms with E-state index in [-0.39, 0.29) is 17.2 Å². The molecule has 0 bridgehead atoms. The minimum Gasteiger partial charge on any atom is -0.393 e. The van der Waals surface area contributed by atoms with Crippen LogP contribution in [0.5, 0.6) is 0 Å². The maximum Gasteiger partial charge on any atom is 0.235 e. The molecular formula is C12H18N2O2S. The molecule has 0 radical (unpaired) electrons. The number of thiocarbonyl (C=S) groups is 1. The zero-order chi connectivity index (χ0) is 12.8. The van der Waals surface area contributed by atoms with Gasteiger partial charge in [-0.1, -0.05) is 26.1 Å². The first-order valence-corrected chi connectivity index (χ1v) is 6.30. The molecule has 0 aromatic rings. The summed E-state index contributed by atoms with van der Waals surface area (Å²) in [6.07, 6.45) is 2.96. The predicted molar refractivity (Wildman–Crippen MR) is 68.2 cm³/mol. The SMILES string of the molecule is CC1(C)CC(=O)N(CC2(CC(N)=S)CC2)C1=O. The lowest BCUT2D eigenvalue weighted by atomic mass is 9.92. The molecule has 0 spiro atoms. The van der Waals surface area contributed by atoms with E-state index in [1.807, 2.05) is 13.8 Å². The van der Waals surface area contributed by atoms with Crippen LogP contribution >= 0.6 is 12.2 Å². The van der Waals surface area contributed by atoms with Crippen molar-refractivity contribution < 1.29 is 9.59 Å². The monoisotopic (exact) mass is 254 g/mol. The standard InChI is InChI=1S/C12H18N2O2S/c1-11(2)6-9(15)14(10(11)16)7-12(3-4-12)5-8(13)17/h3-7H2,1-2H3,(H2,13,17). The quantitative estimate of drug-likeness (QED) is 0.605. The molecule has 0 aromatic carbocycles. The van der Waals surface area contributed by atoms with Crippen LogP contribution in [-0.4, -0.2) is 28.2 Å². The molecule has 4 nitrogen and oxygen atoms in total. The second-order valence-corrected chi connectivity index (χ2v) is 6.51. The number of carbonyl (C=O) groups excluding carboxylic acids is 2. The van der Waals surface area contributed by atoms with Crippen LogP contribution in [0, 0.1) is 10.8 Å². The first-order chi connectivity index (χ1) is 7.76. The lowest BCUT2D eigenvalue weighted by Gasteiger charge is -2.23. The molecule has 5 heteroatoms. The Labute approximate surface area is 107 Å². The number of nitrogens with two attached hydrogens (primary N) is 1. The number of hydrogen-bond acceptors (Lipinski definition) is 3. The van der Waals surface area contributed by atoms with Crippen molar-refractivity contribution in [1.29, 1.82) is 0 Å². The number of hydrogen-bond donors (Lipinski definition) is 1. The number of carbonyl (C=O) groups is 2. The molecule has 1 heterocycles. The van der Waals surface area contributed by atoms with Gasteiger partial charge in [-0.25, -0.2) is 0 Å². The fraction of sp³-hybridized carbons (Fsp3) is 0.750. The van der Waals surface area contributed by atoms with Crippen LogP contribution in [0.3, 0.4) is 0 Å². The average molecular weight is 254 g/mol. The Balaban J connectivity index is 2.07. The van der Waals surface area contributed by atoms with Gasteiger partial charge in [-0.3, -0.25) is 14.5 Å². The molecule has 2 rings (SSSR count). The lowest BCUT2D eigenvalue weighted by molar-refractivity contribution is -0.141. The van der Waals surface area contributed by atoms with Gasteiger partial charge in [-0.05, 0) is 18.3 Å². The summed E-state index contributed by atoms with van der Waals surface area (Å²) in [6.45, 7) is 4.13. The summed E-state index contributed by atoms with van der Waals surface area (Å²) in [7, 11) is 0. The summed E-state index contributed by atoms with van der Waals surface area (Å²) in [4.78, 5) is 25.8. The topological polar surface area (TPSA) is 63.4 Å². The zero-order valence-electron chi connectivity index (χ0n) is 10.3. The van der Waals surface area contributed by atoms with Crippen molar-refractivity contribution in [3.05, 3.63) is 0 Å². The Morgan fingerprint density at radius 2 is 2.00 bits per heavy atom. The van der Waals surface area contributed by atoms with Crippen molar-refractivity contribution in [3.63, 3.8) is 0 Å². The Bertz CT molecular complexity index is 399. The third-order valence-corrected chi connectivity index (χ3v) is 3.86. The van der Waals surface area contributed by atoms with E-state index in [2.05, 4.69) is 0 Å². The van der Waals surface area contributed by atoms with Crippen molar-refractivity contribution >= 4 is 29.0 Å². The molecule has 1 saturated carbocycles. The molecule has 94 valence electrons. The van der Waals surface area contributed by atoms with Crippen LogP contribution in [0.25, 0.3) is 0 Å². The first kappa shape index (κ1) is 12.5. The van der Waals surface area contributed by atoms with Crippen LogP contribution in [0.1, 0.15) is 39.5 Å². The van der Waals surface area contributed by atoms with Gasteiger partial charge in [0, 0.05) is 19.4 Å². The van der Waals surface area contributed by atoms with Gasteiger partial charge in [-0.15, -0.1) is 0 Å². The third-order valence-electron chi connectivity index (χ3n) is 3.72. The van der Waals surface area contributed by atoms with E-state index in [0.29, 0.717) is 24.4 Å². The van der Waals surface area contributed by atoms with Crippen LogP contribution in [0.4, 0.5) is 0 Å². The van der Waals surface area contributed by atoms with Crippen molar-refractivity contribution in [1.82, 2.24) is 4.90 Å². The van der Waals surface area contributed by atoms with Gasteiger partial charge < -0.3 is 5.73 Å². The first-order valence-electron chi connectivity index (χ1n) is 5.89. The van der Waals surface area contributed by atoms with Gasteiger partial charge in [0.2, 0.25) is 11.8 Å². The highest BCUT2D eigenvalue weighted by molar-refractivity contribution is 7.80.